The average molecular weight is 336 g/mol. The molecule has 2 atom stereocenters. The first-order chi connectivity index (χ1) is 12.2. The van der Waals surface area contributed by atoms with E-state index in [1.165, 1.54) is 7.11 Å². The van der Waals surface area contributed by atoms with Gasteiger partial charge in [0.15, 0.2) is 0 Å². The minimum Gasteiger partial charge on any atom is -0.468 e. The third kappa shape index (κ3) is 3.20. The summed E-state index contributed by atoms with van der Waals surface area (Å²) in [6, 6.07) is 17.4. The molecule has 0 unspecified atom stereocenters. The Morgan fingerprint density at radius 1 is 0.960 bits per heavy atom. The van der Waals surface area contributed by atoms with E-state index >= 15 is 0 Å². The van der Waals surface area contributed by atoms with Crippen LogP contribution in [-0.2, 0) is 19.1 Å². The van der Waals surface area contributed by atoms with Gasteiger partial charge >= 0.3 is 11.9 Å². The molecule has 1 aliphatic carbocycles. The zero-order chi connectivity index (χ0) is 17.8. The number of hydrogen-bond acceptors (Lipinski definition) is 4. The summed E-state index contributed by atoms with van der Waals surface area (Å²) >= 11 is 0. The summed E-state index contributed by atoms with van der Waals surface area (Å²) < 4.78 is 10.2. The van der Waals surface area contributed by atoms with Crippen molar-refractivity contribution < 1.29 is 19.1 Å². The molecule has 0 spiro atoms. The first-order valence-corrected chi connectivity index (χ1v) is 8.27. The summed E-state index contributed by atoms with van der Waals surface area (Å²) in [4.78, 5) is 24.9. The molecule has 2 aromatic rings. The van der Waals surface area contributed by atoms with Crippen LogP contribution in [0.25, 0.3) is 0 Å². The Morgan fingerprint density at radius 3 is 2.24 bits per heavy atom. The predicted molar refractivity (Wildman–Crippen MR) is 94.2 cm³/mol. The summed E-state index contributed by atoms with van der Waals surface area (Å²) in [6.45, 7) is 2.05. The van der Waals surface area contributed by atoms with Crippen LogP contribution in [0.3, 0.4) is 0 Å². The summed E-state index contributed by atoms with van der Waals surface area (Å²) in [7, 11) is 1.35. The van der Waals surface area contributed by atoms with Crippen LogP contribution in [0.15, 0.2) is 66.2 Å². The van der Waals surface area contributed by atoms with Gasteiger partial charge in [-0.05, 0) is 23.6 Å². The topological polar surface area (TPSA) is 52.6 Å². The standard InChI is InChI=1S/C21H20O4/c1-3-25-21(23)18-13-17(20(22)24-2)15-11-7-8-12-16(15)19(18)14-9-5-4-6-10-14/h4-13,17,19H,3H2,1-2H3/t17-,19-/m0/s1. The van der Waals surface area contributed by atoms with E-state index < -0.39 is 11.9 Å². The molecular formula is C21H20O4. The number of methoxy groups -OCH3 is 1. The highest BCUT2D eigenvalue weighted by molar-refractivity contribution is 5.95. The van der Waals surface area contributed by atoms with E-state index in [0.717, 1.165) is 16.7 Å². The van der Waals surface area contributed by atoms with Crippen LogP contribution in [0.2, 0.25) is 0 Å². The number of carbonyl (C=O) groups is 2. The van der Waals surface area contributed by atoms with Gasteiger partial charge in [0.2, 0.25) is 0 Å². The zero-order valence-electron chi connectivity index (χ0n) is 14.3. The molecule has 0 saturated heterocycles. The molecule has 0 aromatic heterocycles. The van der Waals surface area contributed by atoms with E-state index in [9.17, 15) is 9.59 Å². The molecular weight excluding hydrogens is 316 g/mol. The second-order valence-corrected chi connectivity index (χ2v) is 5.82. The minimum atomic E-state index is -0.611. The molecule has 25 heavy (non-hydrogen) atoms. The number of fused-ring (bicyclic) bond motifs is 1. The van der Waals surface area contributed by atoms with Crippen LogP contribution in [0.5, 0.6) is 0 Å². The van der Waals surface area contributed by atoms with Crippen LogP contribution >= 0.6 is 0 Å². The monoisotopic (exact) mass is 336 g/mol. The lowest BCUT2D eigenvalue weighted by atomic mass is 9.74. The normalized spacial score (nSPS) is 18.7. The summed E-state index contributed by atoms with van der Waals surface area (Å²) in [6.07, 6.45) is 1.68. The van der Waals surface area contributed by atoms with E-state index in [1.54, 1.807) is 13.0 Å². The van der Waals surface area contributed by atoms with Gasteiger partial charge in [-0.3, -0.25) is 4.79 Å². The van der Waals surface area contributed by atoms with Crippen molar-refractivity contribution >= 4 is 11.9 Å². The maximum absolute atomic E-state index is 12.6. The van der Waals surface area contributed by atoms with Gasteiger partial charge in [-0.15, -0.1) is 0 Å². The second kappa shape index (κ2) is 7.34. The van der Waals surface area contributed by atoms with Gasteiger partial charge in [0.05, 0.1) is 13.7 Å². The Kier molecular flexibility index (Phi) is 4.98. The zero-order valence-corrected chi connectivity index (χ0v) is 14.3. The Bertz CT molecular complexity index is 808. The molecule has 0 amide bonds. The van der Waals surface area contributed by atoms with Gasteiger partial charge in [0.25, 0.3) is 0 Å². The molecule has 1 aliphatic rings. The van der Waals surface area contributed by atoms with Gasteiger partial charge in [-0.1, -0.05) is 60.7 Å². The molecule has 2 aromatic carbocycles. The van der Waals surface area contributed by atoms with Crippen molar-refractivity contribution in [3.8, 4) is 0 Å². The van der Waals surface area contributed by atoms with Crippen molar-refractivity contribution in [2.24, 2.45) is 0 Å². The summed E-state index contributed by atoms with van der Waals surface area (Å²) in [5.41, 5.74) is 3.24. The van der Waals surface area contributed by atoms with E-state index in [4.69, 9.17) is 9.47 Å². The fourth-order valence-corrected chi connectivity index (χ4v) is 3.32. The average Bonchev–Trinajstić information content (AvgIpc) is 2.67. The van der Waals surface area contributed by atoms with Crippen LogP contribution in [0.4, 0.5) is 0 Å². The lowest BCUT2D eigenvalue weighted by Crippen LogP contribution is -2.26. The Labute approximate surface area is 147 Å². The number of rotatable bonds is 4. The number of benzene rings is 2. The van der Waals surface area contributed by atoms with Gasteiger partial charge in [0, 0.05) is 11.5 Å². The van der Waals surface area contributed by atoms with Gasteiger partial charge in [-0.25, -0.2) is 4.79 Å². The molecule has 3 rings (SSSR count). The van der Waals surface area contributed by atoms with Gasteiger partial charge in [-0.2, -0.15) is 0 Å². The fraction of sp³-hybridized carbons (Fsp3) is 0.238. The molecule has 4 heteroatoms. The van der Waals surface area contributed by atoms with Gasteiger partial charge in [0.1, 0.15) is 5.92 Å². The van der Waals surface area contributed by atoms with E-state index in [1.807, 2.05) is 54.6 Å². The second-order valence-electron chi connectivity index (χ2n) is 5.82. The Hall–Kier alpha value is -2.88. The Morgan fingerprint density at radius 2 is 1.60 bits per heavy atom. The molecule has 0 aliphatic heterocycles. The predicted octanol–water partition coefficient (Wildman–Crippen LogP) is 3.58. The number of hydrogen-bond donors (Lipinski definition) is 0. The molecule has 0 radical (unpaired) electrons. The molecule has 128 valence electrons. The highest BCUT2D eigenvalue weighted by Crippen LogP contribution is 2.42. The quantitative estimate of drug-likeness (QED) is 0.801. The first-order valence-electron chi connectivity index (χ1n) is 8.27. The fourth-order valence-electron chi connectivity index (χ4n) is 3.32. The summed E-state index contributed by atoms with van der Waals surface area (Å²) in [5, 5.41) is 0. The van der Waals surface area contributed by atoms with Crippen molar-refractivity contribution in [1.82, 2.24) is 0 Å². The van der Waals surface area contributed by atoms with Crippen molar-refractivity contribution in [3.63, 3.8) is 0 Å². The van der Waals surface area contributed by atoms with Crippen molar-refractivity contribution in [1.29, 1.82) is 0 Å². The number of esters is 2. The molecule has 0 saturated carbocycles. The number of ether oxygens (including phenoxy) is 2. The third-order valence-electron chi connectivity index (χ3n) is 4.40. The van der Waals surface area contributed by atoms with Crippen LogP contribution in [-0.4, -0.2) is 25.7 Å². The van der Waals surface area contributed by atoms with Crippen LogP contribution in [0.1, 0.15) is 35.4 Å². The maximum Gasteiger partial charge on any atom is 0.334 e. The van der Waals surface area contributed by atoms with Crippen molar-refractivity contribution in [3.05, 3.63) is 82.9 Å². The van der Waals surface area contributed by atoms with Crippen LogP contribution < -0.4 is 0 Å². The molecule has 0 bridgehead atoms. The van der Waals surface area contributed by atoms with Crippen molar-refractivity contribution in [2.75, 3.05) is 13.7 Å². The maximum atomic E-state index is 12.6. The molecule has 0 fully saturated rings. The smallest absolute Gasteiger partial charge is 0.334 e. The van der Waals surface area contributed by atoms with E-state index in [-0.39, 0.29) is 18.5 Å². The Balaban J connectivity index is 2.20. The highest BCUT2D eigenvalue weighted by Gasteiger charge is 2.36. The molecule has 4 nitrogen and oxygen atoms in total. The number of carbonyl (C=O) groups excluding carboxylic acids is 2. The third-order valence-corrected chi connectivity index (χ3v) is 4.40. The largest absolute Gasteiger partial charge is 0.468 e. The minimum absolute atomic E-state index is 0.266. The SMILES string of the molecule is CCOC(=O)C1=C[C@H](C(=O)OC)c2ccccc2[C@@H]1c1ccccc1. The molecule has 0 heterocycles. The summed E-state index contributed by atoms with van der Waals surface area (Å²) in [5.74, 6) is -1.67. The van der Waals surface area contributed by atoms with E-state index in [0.29, 0.717) is 5.57 Å². The highest BCUT2D eigenvalue weighted by atomic mass is 16.5. The van der Waals surface area contributed by atoms with Gasteiger partial charge < -0.3 is 9.47 Å². The first kappa shape index (κ1) is 17.0. The van der Waals surface area contributed by atoms with Crippen molar-refractivity contribution in [2.45, 2.75) is 18.8 Å². The lowest BCUT2D eigenvalue weighted by Gasteiger charge is -2.30. The van der Waals surface area contributed by atoms with E-state index in [2.05, 4.69) is 0 Å². The lowest BCUT2D eigenvalue weighted by molar-refractivity contribution is -0.141. The van der Waals surface area contributed by atoms with Crippen LogP contribution in [0, 0.1) is 0 Å². The molecule has 0 N–H and O–H groups in total.